The minimum atomic E-state index is -0.217. The van der Waals surface area contributed by atoms with E-state index in [0.717, 1.165) is 40.5 Å². The molecule has 1 saturated carbocycles. The standard InChI is InChI=1S/C24H29N3O2S/c1-3-29-20-15-13-19(14-16-20)27-22-12-8-7-11-21(22)26-24(27)30-17(2)23(28)25-18-9-5-4-6-10-18/h7-8,11-18H,3-6,9-10H2,1-2H3,(H,25,28)/t17-/m1/s1. The van der Waals surface area contributed by atoms with E-state index in [9.17, 15) is 4.79 Å². The minimum Gasteiger partial charge on any atom is -0.494 e. The fourth-order valence-electron chi connectivity index (χ4n) is 3.97. The maximum absolute atomic E-state index is 12.8. The Balaban J connectivity index is 1.58. The van der Waals surface area contributed by atoms with E-state index in [-0.39, 0.29) is 11.2 Å². The number of ether oxygens (including phenoxy) is 1. The molecule has 1 atom stereocenters. The van der Waals surface area contributed by atoms with Gasteiger partial charge in [-0.2, -0.15) is 0 Å². The Morgan fingerprint density at radius 3 is 2.63 bits per heavy atom. The largest absolute Gasteiger partial charge is 0.494 e. The number of hydrogen-bond acceptors (Lipinski definition) is 4. The summed E-state index contributed by atoms with van der Waals surface area (Å²) in [6.07, 6.45) is 5.88. The first kappa shape index (κ1) is 20.8. The first-order chi connectivity index (χ1) is 14.7. The molecule has 3 aromatic rings. The molecule has 0 bridgehead atoms. The number of imidazole rings is 1. The lowest BCUT2D eigenvalue weighted by atomic mass is 9.95. The SMILES string of the molecule is CCOc1ccc(-n2c(S[C@H](C)C(=O)NC3CCCCC3)nc3ccccc32)cc1. The number of fused-ring (bicyclic) bond motifs is 1. The Kier molecular flexibility index (Phi) is 6.62. The van der Waals surface area contributed by atoms with Crippen LogP contribution in [0.2, 0.25) is 0 Å². The van der Waals surface area contributed by atoms with Gasteiger partial charge in [0.15, 0.2) is 5.16 Å². The molecule has 1 heterocycles. The van der Waals surface area contributed by atoms with Crippen LogP contribution in [-0.4, -0.2) is 33.4 Å². The van der Waals surface area contributed by atoms with Gasteiger partial charge in [-0.25, -0.2) is 4.98 Å². The zero-order valence-electron chi connectivity index (χ0n) is 17.6. The molecule has 0 spiro atoms. The molecular weight excluding hydrogens is 394 g/mol. The van der Waals surface area contributed by atoms with Gasteiger partial charge in [0, 0.05) is 11.7 Å². The van der Waals surface area contributed by atoms with Crippen LogP contribution in [0.25, 0.3) is 16.7 Å². The molecule has 1 amide bonds. The number of aromatic nitrogens is 2. The summed E-state index contributed by atoms with van der Waals surface area (Å²) in [5, 5.41) is 3.85. The van der Waals surface area contributed by atoms with Gasteiger partial charge in [-0.3, -0.25) is 9.36 Å². The van der Waals surface area contributed by atoms with E-state index < -0.39 is 0 Å². The van der Waals surface area contributed by atoms with Crippen molar-refractivity contribution < 1.29 is 9.53 Å². The Morgan fingerprint density at radius 2 is 1.90 bits per heavy atom. The highest BCUT2D eigenvalue weighted by Crippen LogP contribution is 2.31. The van der Waals surface area contributed by atoms with Crippen molar-refractivity contribution in [3.63, 3.8) is 0 Å². The lowest BCUT2D eigenvalue weighted by Gasteiger charge is -2.24. The highest BCUT2D eigenvalue weighted by molar-refractivity contribution is 8.00. The van der Waals surface area contributed by atoms with Crippen molar-refractivity contribution in [3.8, 4) is 11.4 Å². The van der Waals surface area contributed by atoms with Crippen molar-refractivity contribution in [2.45, 2.75) is 62.4 Å². The van der Waals surface area contributed by atoms with Crippen LogP contribution in [0.5, 0.6) is 5.75 Å². The monoisotopic (exact) mass is 423 g/mol. The quantitative estimate of drug-likeness (QED) is 0.520. The van der Waals surface area contributed by atoms with Gasteiger partial charge in [-0.15, -0.1) is 0 Å². The molecule has 30 heavy (non-hydrogen) atoms. The molecule has 4 rings (SSSR count). The number of amides is 1. The molecular formula is C24H29N3O2S. The molecule has 2 aromatic carbocycles. The van der Waals surface area contributed by atoms with E-state index in [0.29, 0.717) is 12.6 Å². The summed E-state index contributed by atoms with van der Waals surface area (Å²) in [4.78, 5) is 17.6. The van der Waals surface area contributed by atoms with E-state index in [1.807, 2.05) is 56.3 Å². The van der Waals surface area contributed by atoms with E-state index >= 15 is 0 Å². The van der Waals surface area contributed by atoms with Crippen molar-refractivity contribution in [2.24, 2.45) is 0 Å². The van der Waals surface area contributed by atoms with Gasteiger partial charge in [0.25, 0.3) is 0 Å². The summed E-state index contributed by atoms with van der Waals surface area (Å²) in [6, 6.07) is 16.4. The molecule has 6 heteroatoms. The molecule has 1 aliphatic rings. The summed E-state index contributed by atoms with van der Waals surface area (Å²) < 4.78 is 7.71. The van der Waals surface area contributed by atoms with Crippen molar-refractivity contribution in [3.05, 3.63) is 48.5 Å². The molecule has 0 aliphatic heterocycles. The van der Waals surface area contributed by atoms with E-state index in [2.05, 4.69) is 16.0 Å². The second kappa shape index (κ2) is 9.56. The number of carbonyl (C=O) groups excluding carboxylic acids is 1. The average Bonchev–Trinajstić information content (AvgIpc) is 3.13. The molecule has 5 nitrogen and oxygen atoms in total. The number of benzene rings is 2. The molecule has 0 saturated heterocycles. The number of hydrogen-bond donors (Lipinski definition) is 1. The lowest BCUT2D eigenvalue weighted by Crippen LogP contribution is -2.40. The van der Waals surface area contributed by atoms with Crippen molar-refractivity contribution in [1.29, 1.82) is 0 Å². The third-order valence-electron chi connectivity index (χ3n) is 5.54. The van der Waals surface area contributed by atoms with Crippen LogP contribution in [0.3, 0.4) is 0 Å². The Hall–Kier alpha value is -2.47. The summed E-state index contributed by atoms with van der Waals surface area (Å²) >= 11 is 1.51. The van der Waals surface area contributed by atoms with Crippen LogP contribution in [0.1, 0.15) is 46.0 Å². The number of nitrogens with one attached hydrogen (secondary N) is 1. The lowest BCUT2D eigenvalue weighted by molar-refractivity contribution is -0.121. The second-order valence-electron chi connectivity index (χ2n) is 7.75. The van der Waals surface area contributed by atoms with Gasteiger partial charge in [-0.05, 0) is 63.1 Å². The molecule has 1 aromatic heterocycles. The summed E-state index contributed by atoms with van der Waals surface area (Å²) in [7, 11) is 0. The predicted octanol–water partition coefficient (Wildman–Crippen LogP) is 5.35. The van der Waals surface area contributed by atoms with E-state index in [4.69, 9.17) is 9.72 Å². The Bertz CT molecular complexity index is 993. The van der Waals surface area contributed by atoms with Crippen LogP contribution in [-0.2, 0) is 4.79 Å². The number of thioether (sulfide) groups is 1. The minimum absolute atomic E-state index is 0.0946. The maximum Gasteiger partial charge on any atom is 0.233 e. The highest BCUT2D eigenvalue weighted by Gasteiger charge is 2.23. The number of carbonyl (C=O) groups is 1. The molecule has 158 valence electrons. The smallest absolute Gasteiger partial charge is 0.233 e. The fourth-order valence-corrected chi connectivity index (χ4v) is 4.92. The van der Waals surface area contributed by atoms with Crippen LogP contribution >= 0.6 is 11.8 Å². The highest BCUT2D eigenvalue weighted by atomic mass is 32.2. The predicted molar refractivity (Wildman–Crippen MR) is 123 cm³/mol. The summed E-state index contributed by atoms with van der Waals surface area (Å²) in [5.74, 6) is 0.942. The van der Waals surface area contributed by atoms with Gasteiger partial charge in [-0.1, -0.05) is 43.2 Å². The van der Waals surface area contributed by atoms with Crippen molar-refractivity contribution in [1.82, 2.24) is 14.9 Å². The molecule has 1 fully saturated rings. The molecule has 0 unspecified atom stereocenters. The first-order valence-corrected chi connectivity index (χ1v) is 11.7. The van der Waals surface area contributed by atoms with Crippen LogP contribution < -0.4 is 10.1 Å². The average molecular weight is 424 g/mol. The number of para-hydroxylation sites is 2. The van der Waals surface area contributed by atoms with Gasteiger partial charge in [0.05, 0.1) is 22.9 Å². The Morgan fingerprint density at radius 1 is 1.17 bits per heavy atom. The normalized spacial score (nSPS) is 15.8. The summed E-state index contributed by atoms with van der Waals surface area (Å²) in [5.41, 5.74) is 2.97. The van der Waals surface area contributed by atoms with E-state index in [1.165, 1.54) is 31.0 Å². The van der Waals surface area contributed by atoms with Crippen molar-refractivity contribution in [2.75, 3.05) is 6.61 Å². The Labute approximate surface area is 182 Å². The number of nitrogens with zero attached hydrogens (tertiary/aromatic N) is 2. The van der Waals surface area contributed by atoms with Crippen LogP contribution in [0.4, 0.5) is 0 Å². The maximum atomic E-state index is 12.8. The third-order valence-corrected chi connectivity index (χ3v) is 6.59. The molecule has 1 N–H and O–H groups in total. The first-order valence-electron chi connectivity index (χ1n) is 10.8. The van der Waals surface area contributed by atoms with E-state index in [1.54, 1.807) is 0 Å². The topological polar surface area (TPSA) is 56.1 Å². The number of rotatable bonds is 7. The van der Waals surface area contributed by atoms with Gasteiger partial charge >= 0.3 is 0 Å². The fraction of sp³-hybridized carbons (Fsp3) is 0.417. The summed E-state index contributed by atoms with van der Waals surface area (Å²) in [6.45, 7) is 4.58. The molecule has 0 radical (unpaired) electrons. The van der Waals surface area contributed by atoms with Crippen LogP contribution in [0.15, 0.2) is 53.7 Å². The second-order valence-corrected chi connectivity index (χ2v) is 9.06. The third kappa shape index (κ3) is 4.64. The van der Waals surface area contributed by atoms with Gasteiger partial charge < -0.3 is 10.1 Å². The zero-order valence-corrected chi connectivity index (χ0v) is 18.5. The van der Waals surface area contributed by atoms with Crippen molar-refractivity contribution >= 4 is 28.7 Å². The van der Waals surface area contributed by atoms with Gasteiger partial charge in [0.1, 0.15) is 5.75 Å². The zero-order chi connectivity index (χ0) is 20.9. The van der Waals surface area contributed by atoms with Gasteiger partial charge in [0.2, 0.25) is 5.91 Å². The molecule has 1 aliphatic carbocycles. The van der Waals surface area contributed by atoms with Crippen LogP contribution in [0, 0.1) is 0 Å².